The van der Waals surface area contributed by atoms with Gasteiger partial charge < -0.3 is 0 Å². The summed E-state index contributed by atoms with van der Waals surface area (Å²) in [6.07, 6.45) is 2.79. The highest BCUT2D eigenvalue weighted by atomic mass is 32.2. The van der Waals surface area contributed by atoms with Crippen LogP contribution in [0.4, 0.5) is 13.2 Å². The van der Waals surface area contributed by atoms with Crippen LogP contribution < -0.4 is 0 Å². The molecule has 0 amide bonds. The quantitative estimate of drug-likeness (QED) is 0.755. The fourth-order valence-corrected chi connectivity index (χ4v) is 1.43. The van der Waals surface area contributed by atoms with Crippen LogP contribution in [-0.4, -0.2) is 26.8 Å². The smallest absolute Gasteiger partial charge is 0.294 e. The Morgan fingerprint density at radius 1 is 1.60 bits per heavy atom. The Morgan fingerprint density at radius 3 is 2.73 bits per heavy atom. The Labute approximate surface area is 88.6 Å². The van der Waals surface area contributed by atoms with Crippen molar-refractivity contribution in [3.63, 3.8) is 0 Å². The first-order chi connectivity index (χ1) is 6.88. The Kier molecular flexibility index (Phi) is 3.78. The summed E-state index contributed by atoms with van der Waals surface area (Å²) in [6, 6.07) is 0. The second-order valence-corrected chi connectivity index (χ2v) is 4.00. The van der Waals surface area contributed by atoms with Crippen molar-refractivity contribution in [1.29, 1.82) is 0 Å². The summed E-state index contributed by atoms with van der Waals surface area (Å²) >= 11 is -0.0997. The lowest BCUT2D eigenvalue weighted by Gasteiger charge is -2.04. The van der Waals surface area contributed by atoms with E-state index in [-0.39, 0.29) is 29.8 Å². The molecular formula is C8H9F3N2OS. The SMILES string of the molecule is CC(=O)c1cnn(CCSC(F)(F)F)c1. The number of carbonyl (C=O) groups excluding carboxylic acids is 1. The monoisotopic (exact) mass is 238 g/mol. The molecule has 15 heavy (non-hydrogen) atoms. The average Bonchev–Trinajstić information content (AvgIpc) is 2.50. The van der Waals surface area contributed by atoms with Crippen molar-refractivity contribution in [3.8, 4) is 0 Å². The van der Waals surface area contributed by atoms with E-state index in [0.717, 1.165) is 0 Å². The number of carbonyl (C=O) groups is 1. The fourth-order valence-electron chi connectivity index (χ4n) is 0.923. The molecule has 1 rings (SSSR count). The van der Waals surface area contributed by atoms with Crippen LogP contribution in [0.5, 0.6) is 0 Å². The molecule has 0 aliphatic carbocycles. The zero-order valence-electron chi connectivity index (χ0n) is 7.91. The van der Waals surface area contributed by atoms with Gasteiger partial charge in [-0.2, -0.15) is 18.3 Å². The molecular weight excluding hydrogens is 229 g/mol. The van der Waals surface area contributed by atoms with E-state index in [9.17, 15) is 18.0 Å². The summed E-state index contributed by atoms with van der Waals surface area (Å²) in [4.78, 5) is 10.9. The molecule has 84 valence electrons. The third kappa shape index (κ3) is 4.37. The number of alkyl halides is 3. The van der Waals surface area contributed by atoms with Crippen molar-refractivity contribution in [2.75, 3.05) is 5.75 Å². The minimum absolute atomic E-state index is 0.0997. The van der Waals surface area contributed by atoms with Crippen molar-refractivity contribution in [2.24, 2.45) is 0 Å². The average molecular weight is 238 g/mol. The van der Waals surface area contributed by atoms with Gasteiger partial charge in [0.1, 0.15) is 0 Å². The van der Waals surface area contributed by atoms with Crippen LogP contribution in [0.3, 0.4) is 0 Å². The van der Waals surface area contributed by atoms with Crippen LogP contribution in [-0.2, 0) is 6.54 Å². The highest BCUT2D eigenvalue weighted by Crippen LogP contribution is 2.29. The minimum atomic E-state index is -4.21. The lowest BCUT2D eigenvalue weighted by molar-refractivity contribution is -0.0328. The molecule has 0 spiro atoms. The van der Waals surface area contributed by atoms with Crippen LogP contribution in [0.15, 0.2) is 12.4 Å². The molecule has 0 radical (unpaired) electrons. The first-order valence-electron chi connectivity index (χ1n) is 4.12. The molecule has 0 N–H and O–H groups in total. The van der Waals surface area contributed by atoms with E-state index < -0.39 is 5.51 Å². The van der Waals surface area contributed by atoms with Crippen LogP contribution >= 0.6 is 11.8 Å². The maximum absolute atomic E-state index is 11.8. The van der Waals surface area contributed by atoms with Crippen molar-refractivity contribution in [1.82, 2.24) is 9.78 Å². The van der Waals surface area contributed by atoms with Gasteiger partial charge >= 0.3 is 5.51 Å². The summed E-state index contributed by atoms with van der Waals surface area (Å²) in [5.41, 5.74) is -3.80. The minimum Gasteiger partial charge on any atom is -0.294 e. The number of aromatic nitrogens is 2. The van der Waals surface area contributed by atoms with Gasteiger partial charge in [0, 0.05) is 11.9 Å². The zero-order valence-corrected chi connectivity index (χ0v) is 8.73. The lowest BCUT2D eigenvalue weighted by Crippen LogP contribution is -2.07. The topological polar surface area (TPSA) is 34.9 Å². The second kappa shape index (κ2) is 4.69. The van der Waals surface area contributed by atoms with E-state index in [2.05, 4.69) is 5.10 Å². The van der Waals surface area contributed by atoms with E-state index >= 15 is 0 Å². The molecule has 1 heterocycles. The van der Waals surface area contributed by atoms with Gasteiger partial charge in [0.15, 0.2) is 5.78 Å². The third-order valence-electron chi connectivity index (χ3n) is 1.63. The summed E-state index contributed by atoms with van der Waals surface area (Å²) < 4.78 is 36.6. The fraction of sp³-hybridized carbons (Fsp3) is 0.500. The third-order valence-corrected chi connectivity index (χ3v) is 2.34. The summed E-state index contributed by atoms with van der Waals surface area (Å²) in [5, 5.41) is 3.77. The molecule has 3 nitrogen and oxygen atoms in total. The Hall–Kier alpha value is -0.980. The van der Waals surface area contributed by atoms with Crippen molar-refractivity contribution in [2.45, 2.75) is 19.0 Å². The number of aryl methyl sites for hydroxylation is 1. The molecule has 0 atom stereocenters. The predicted octanol–water partition coefficient (Wildman–Crippen LogP) is 2.34. The normalized spacial score (nSPS) is 11.7. The molecule has 1 aromatic rings. The number of rotatable bonds is 4. The highest BCUT2D eigenvalue weighted by molar-refractivity contribution is 8.00. The number of hydrogen-bond donors (Lipinski definition) is 0. The number of thioether (sulfide) groups is 1. The van der Waals surface area contributed by atoms with Gasteiger partial charge in [-0.05, 0) is 18.7 Å². The van der Waals surface area contributed by atoms with Gasteiger partial charge in [-0.1, -0.05) is 0 Å². The summed E-state index contributed by atoms with van der Waals surface area (Å²) in [7, 11) is 0. The van der Waals surface area contributed by atoms with E-state index in [0.29, 0.717) is 5.56 Å². The molecule has 7 heteroatoms. The Bertz CT molecular complexity index is 348. The van der Waals surface area contributed by atoms with Crippen LogP contribution in [0.1, 0.15) is 17.3 Å². The largest absolute Gasteiger partial charge is 0.441 e. The lowest BCUT2D eigenvalue weighted by atomic mass is 10.3. The van der Waals surface area contributed by atoms with Crippen LogP contribution in [0.2, 0.25) is 0 Å². The molecule has 0 aliphatic rings. The Balaban J connectivity index is 2.41. The Morgan fingerprint density at radius 2 is 2.27 bits per heavy atom. The molecule has 0 bridgehead atoms. The maximum Gasteiger partial charge on any atom is 0.441 e. The molecule has 0 aromatic carbocycles. The molecule has 0 aliphatic heterocycles. The van der Waals surface area contributed by atoms with Gasteiger partial charge in [0.05, 0.1) is 18.3 Å². The van der Waals surface area contributed by atoms with Crippen molar-refractivity contribution in [3.05, 3.63) is 18.0 Å². The van der Waals surface area contributed by atoms with Crippen LogP contribution in [0, 0.1) is 0 Å². The zero-order chi connectivity index (χ0) is 11.5. The van der Waals surface area contributed by atoms with Gasteiger partial charge in [0.25, 0.3) is 0 Å². The molecule has 0 saturated carbocycles. The van der Waals surface area contributed by atoms with Crippen molar-refractivity contribution < 1.29 is 18.0 Å². The predicted molar refractivity (Wildman–Crippen MR) is 50.7 cm³/mol. The second-order valence-electron chi connectivity index (χ2n) is 2.84. The standard InChI is InChI=1S/C8H9F3N2OS/c1-6(14)7-4-12-13(5-7)2-3-15-8(9,10)11/h4-5H,2-3H2,1H3. The van der Waals surface area contributed by atoms with Gasteiger partial charge in [-0.25, -0.2) is 0 Å². The first kappa shape index (κ1) is 12.1. The van der Waals surface area contributed by atoms with E-state index in [1.165, 1.54) is 24.0 Å². The molecule has 0 saturated heterocycles. The van der Waals surface area contributed by atoms with E-state index in [4.69, 9.17) is 0 Å². The highest BCUT2D eigenvalue weighted by Gasteiger charge is 2.27. The molecule has 0 fully saturated rings. The van der Waals surface area contributed by atoms with Gasteiger partial charge in [-0.3, -0.25) is 9.48 Å². The van der Waals surface area contributed by atoms with E-state index in [1.807, 2.05) is 0 Å². The number of Topliss-reactive ketones (excluding diaryl/α,β-unsaturated/α-hetero) is 1. The number of halogens is 3. The first-order valence-corrected chi connectivity index (χ1v) is 5.11. The molecule has 1 aromatic heterocycles. The number of ketones is 1. The van der Waals surface area contributed by atoms with Crippen molar-refractivity contribution >= 4 is 17.5 Å². The number of nitrogens with zero attached hydrogens (tertiary/aromatic N) is 2. The molecule has 0 unspecified atom stereocenters. The summed E-state index contributed by atoms with van der Waals surface area (Å²) in [5.74, 6) is -0.257. The van der Waals surface area contributed by atoms with Gasteiger partial charge in [-0.15, -0.1) is 0 Å². The van der Waals surface area contributed by atoms with E-state index in [1.54, 1.807) is 0 Å². The maximum atomic E-state index is 11.8. The van der Waals surface area contributed by atoms with Gasteiger partial charge in [0.2, 0.25) is 0 Å². The summed E-state index contributed by atoms with van der Waals surface area (Å²) in [6.45, 7) is 1.52. The van der Waals surface area contributed by atoms with Crippen LogP contribution in [0.25, 0.3) is 0 Å². The number of hydrogen-bond acceptors (Lipinski definition) is 3.